The summed E-state index contributed by atoms with van der Waals surface area (Å²) in [4.78, 5) is 3.97. The van der Waals surface area contributed by atoms with Crippen LogP contribution in [0.2, 0.25) is 0 Å². The van der Waals surface area contributed by atoms with Crippen molar-refractivity contribution in [3.05, 3.63) is 17.8 Å². The van der Waals surface area contributed by atoms with E-state index in [4.69, 9.17) is 9.88 Å². The molecule has 0 bridgehead atoms. The lowest BCUT2D eigenvalue weighted by atomic mass is 10.1. The molecule has 2 heterocycles. The van der Waals surface area contributed by atoms with Crippen molar-refractivity contribution in [2.75, 3.05) is 25.1 Å². The van der Waals surface area contributed by atoms with Crippen molar-refractivity contribution in [2.24, 2.45) is 5.14 Å². The number of sulfonamides is 1. The Hall–Kier alpha value is -0.960. The standard InChI is InChI=1S/C10H15N3O3S2/c11-18(14,15)9-7-13-10(17-9)12-4-1-8-2-5-16-6-3-8/h2,7H,1,3-6H2,(H,12,13)(H2,11,14,15). The number of nitrogens with one attached hydrogen (secondary N) is 1. The highest BCUT2D eigenvalue weighted by Crippen LogP contribution is 2.21. The van der Waals surface area contributed by atoms with Crippen LogP contribution in [0.3, 0.4) is 0 Å². The Kier molecular flexibility index (Phi) is 4.33. The average molecular weight is 289 g/mol. The van der Waals surface area contributed by atoms with Gasteiger partial charge in [0.05, 0.1) is 19.4 Å². The topological polar surface area (TPSA) is 94.3 Å². The Morgan fingerprint density at radius 1 is 1.56 bits per heavy atom. The van der Waals surface area contributed by atoms with Gasteiger partial charge < -0.3 is 10.1 Å². The van der Waals surface area contributed by atoms with Crippen LogP contribution in [-0.2, 0) is 14.8 Å². The van der Waals surface area contributed by atoms with E-state index < -0.39 is 10.0 Å². The van der Waals surface area contributed by atoms with Crippen LogP contribution < -0.4 is 10.5 Å². The zero-order valence-corrected chi connectivity index (χ0v) is 11.4. The van der Waals surface area contributed by atoms with Gasteiger partial charge in [-0.05, 0) is 12.8 Å². The van der Waals surface area contributed by atoms with Gasteiger partial charge in [0.25, 0.3) is 0 Å². The quantitative estimate of drug-likeness (QED) is 0.787. The van der Waals surface area contributed by atoms with Crippen LogP contribution >= 0.6 is 11.3 Å². The fraction of sp³-hybridized carbons (Fsp3) is 0.500. The second-order valence-electron chi connectivity index (χ2n) is 3.89. The minimum absolute atomic E-state index is 0.0790. The Balaban J connectivity index is 1.83. The predicted octanol–water partition coefficient (Wildman–Crippen LogP) is 0.939. The number of hydrogen-bond acceptors (Lipinski definition) is 6. The maximum absolute atomic E-state index is 11.1. The van der Waals surface area contributed by atoms with Crippen molar-refractivity contribution in [1.82, 2.24) is 4.98 Å². The van der Waals surface area contributed by atoms with E-state index in [9.17, 15) is 8.42 Å². The summed E-state index contributed by atoms with van der Waals surface area (Å²) in [7, 11) is -3.64. The van der Waals surface area contributed by atoms with E-state index in [0.717, 1.165) is 37.3 Å². The molecule has 0 spiro atoms. The zero-order chi connectivity index (χ0) is 13.0. The molecule has 8 heteroatoms. The minimum atomic E-state index is -3.64. The molecule has 100 valence electrons. The van der Waals surface area contributed by atoms with Crippen molar-refractivity contribution in [3.63, 3.8) is 0 Å². The summed E-state index contributed by atoms with van der Waals surface area (Å²) in [5.41, 5.74) is 1.36. The molecule has 18 heavy (non-hydrogen) atoms. The first-order chi connectivity index (χ1) is 8.55. The lowest BCUT2D eigenvalue weighted by molar-refractivity contribution is 0.153. The fourth-order valence-electron chi connectivity index (χ4n) is 1.60. The van der Waals surface area contributed by atoms with Crippen molar-refractivity contribution in [1.29, 1.82) is 0 Å². The van der Waals surface area contributed by atoms with Crippen LogP contribution in [0.5, 0.6) is 0 Å². The highest BCUT2D eigenvalue weighted by atomic mass is 32.2. The fourth-order valence-corrected chi connectivity index (χ4v) is 3.07. The molecule has 0 radical (unpaired) electrons. The van der Waals surface area contributed by atoms with E-state index in [1.165, 1.54) is 11.8 Å². The Morgan fingerprint density at radius 3 is 3.00 bits per heavy atom. The summed E-state index contributed by atoms with van der Waals surface area (Å²) < 4.78 is 27.4. The number of anilines is 1. The lowest BCUT2D eigenvalue weighted by Crippen LogP contribution is -2.10. The van der Waals surface area contributed by atoms with Gasteiger partial charge in [-0.3, -0.25) is 0 Å². The molecule has 0 saturated carbocycles. The molecular weight excluding hydrogens is 274 g/mol. The summed E-state index contributed by atoms with van der Waals surface area (Å²) in [5.74, 6) is 0. The van der Waals surface area contributed by atoms with E-state index in [2.05, 4.69) is 16.4 Å². The Labute approximate surface area is 110 Å². The number of nitrogens with zero attached hydrogens (tertiary/aromatic N) is 1. The van der Waals surface area contributed by atoms with Gasteiger partial charge in [0, 0.05) is 6.54 Å². The molecule has 1 aliphatic heterocycles. The zero-order valence-electron chi connectivity index (χ0n) is 9.76. The first-order valence-electron chi connectivity index (χ1n) is 5.54. The van der Waals surface area contributed by atoms with Gasteiger partial charge in [0.15, 0.2) is 9.34 Å². The summed E-state index contributed by atoms with van der Waals surface area (Å²) in [6, 6.07) is 0. The number of hydrogen-bond donors (Lipinski definition) is 2. The van der Waals surface area contributed by atoms with Gasteiger partial charge in [-0.1, -0.05) is 23.0 Å². The molecule has 6 nitrogen and oxygen atoms in total. The first-order valence-corrected chi connectivity index (χ1v) is 7.90. The molecule has 1 aliphatic rings. The maximum atomic E-state index is 11.1. The molecule has 0 aliphatic carbocycles. The Bertz CT molecular complexity index is 536. The van der Waals surface area contributed by atoms with E-state index >= 15 is 0 Å². The lowest BCUT2D eigenvalue weighted by Gasteiger charge is -2.13. The van der Waals surface area contributed by atoms with Crippen molar-refractivity contribution < 1.29 is 13.2 Å². The molecule has 0 aromatic carbocycles. The molecule has 2 rings (SSSR count). The molecule has 1 aromatic heterocycles. The SMILES string of the molecule is NS(=O)(=O)c1cnc(NCCC2=CCOCC2)s1. The number of aromatic nitrogens is 1. The van der Waals surface area contributed by atoms with Gasteiger partial charge in [0.1, 0.15) is 0 Å². The summed E-state index contributed by atoms with van der Waals surface area (Å²) in [6.45, 7) is 2.18. The van der Waals surface area contributed by atoms with E-state index in [-0.39, 0.29) is 4.21 Å². The van der Waals surface area contributed by atoms with Crippen LogP contribution in [0.15, 0.2) is 22.1 Å². The Morgan fingerprint density at radius 2 is 2.39 bits per heavy atom. The van der Waals surface area contributed by atoms with Gasteiger partial charge >= 0.3 is 0 Å². The number of ether oxygens (including phenoxy) is 1. The second-order valence-corrected chi connectivity index (χ2v) is 6.71. The summed E-state index contributed by atoms with van der Waals surface area (Å²) in [6.07, 6.45) is 5.23. The highest BCUT2D eigenvalue weighted by Gasteiger charge is 2.12. The third-order valence-corrected chi connectivity index (χ3v) is 4.91. The van der Waals surface area contributed by atoms with Gasteiger partial charge in [-0.15, -0.1) is 0 Å². The molecule has 0 atom stereocenters. The van der Waals surface area contributed by atoms with Crippen LogP contribution in [0.1, 0.15) is 12.8 Å². The number of thiazole rings is 1. The molecule has 3 N–H and O–H groups in total. The van der Waals surface area contributed by atoms with Crippen LogP contribution in [0, 0.1) is 0 Å². The number of primary sulfonamides is 1. The third-order valence-electron chi connectivity index (χ3n) is 2.54. The molecule has 1 aromatic rings. The molecule has 0 fully saturated rings. The van der Waals surface area contributed by atoms with Crippen LogP contribution in [-0.4, -0.2) is 33.2 Å². The van der Waals surface area contributed by atoms with Crippen molar-refractivity contribution in [2.45, 2.75) is 17.1 Å². The molecular formula is C10H15N3O3S2. The van der Waals surface area contributed by atoms with E-state index in [1.54, 1.807) is 0 Å². The van der Waals surface area contributed by atoms with Gasteiger partial charge in [0.2, 0.25) is 10.0 Å². The van der Waals surface area contributed by atoms with E-state index in [1.807, 2.05) is 0 Å². The summed E-state index contributed by atoms with van der Waals surface area (Å²) >= 11 is 1.05. The number of nitrogens with two attached hydrogens (primary N) is 1. The normalized spacial score (nSPS) is 16.4. The molecule has 0 saturated heterocycles. The second kappa shape index (κ2) is 5.79. The third kappa shape index (κ3) is 3.77. The first kappa shape index (κ1) is 13.5. The number of rotatable bonds is 5. The van der Waals surface area contributed by atoms with Crippen molar-refractivity contribution >= 4 is 26.5 Å². The smallest absolute Gasteiger partial charge is 0.249 e. The molecule has 0 amide bonds. The maximum Gasteiger partial charge on any atom is 0.249 e. The monoisotopic (exact) mass is 289 g/mol. The van der Waals surface area contributed by atoms with Crippen LogP contribution in [0.25, 0.3) is 0 Å². The average Bonchev–Trinajstić information content (AvgIpc) is 2.79. The van der Waals surface area contributed by atoms with Crippen molar-refractivity contribution in [3.8, 4) is 0 Å². The highest BCUT2D eigenvalue weighted by molar-refractivity contribution is 7.91. The minimum Gasteiger partial charge on any atom is -0.377 e. The van der Waals surface area contributed by atoms with Crippen LogP contribution in [0.4, 0.5) is 5.13 Å². The van der Waals surface area contributed by atoms with E-state index in [0.29, 0.717) is 11.7 Å². The summed E-state index contributed by atoms with van der Waals surface area (Å²) in [5, 5.41) is 8.67. The molecule has 0 unspecified atom stereocenters. The largest absolute Gasteiger partial charge is 0.377 e. The predicted molar refractivity (Wildman–Crippen MR) is 70.1 cm³/mol. The van der Waals surface area contributed by atoms with Gasteiger partial charge in [-0.25, -0.2) is 18.5 Å². The van der Waals surface area contributed by atoms with Gasteiger partial charge in [-0.2, -0.15) is 0 Å².